The average Bonchev–Trinajstić information content (AvgIpc) is 2.76. The molecule has 5 heteroatoms. The quantitative estimate of drug-likeness (QED) is 0.845. The van der Waals surface area contributed by atoms with E-state index < -0.39 is 5.67 Å². The molecule has 16 heavy (non-hydrogen) atoms. The highest BCUT2D eigenvalue weighted by Crippen LogP contribution is 2.35. The molecule has 0 amide bonds. The first-order valence-electron chi connectivity index (χ1n) is 5.94. The summed E-state index contributed by atoms with van der Waals surface area (Å²) in [5, 5.41) is 4.11. The fraction of sp³-hybridized carbons (Fsp3) is 0.818. The Hall–Kier alpha value is -0.970. The maximum absolute atomic E-state index is 14.4. The topological polar surface area (TPSA) is 56.7 Å². The monoisotopic (exact) mass is 226 g/mol. The lowest BCUT2D eigenvalue weighted by molar-refractivity contribution is 0.165. The molecule has 1 aliphatic carbocycles. The summed E-state index contributed by atoms with van der Waals surface area (Å²) < 4.78 is 16.2. The van der Waals surface area contributed by atoms with Crippen LogP contribution in [0.25, 0.3) is 0 Å². The van der Waals surface area contributed by atoms with Crippen LogP contribution in [0.15, 0.2) is 6.33 Å². The number of hydrogen-bond acceptors (Lipinski definition) is 3. The number of halogens is 1. The van der Waals surface area contributed by atoms with Gasteiger partial charge in [-0.25, -0.2) is 14.1 Å². The molecule has 0 aromatic carbocycles. The number of alkyl halides is 1. The van der Waals surface area contributed by atoms with Gasteiger partial charge in [-0.1, -0.05) is 6.92 Å². The summed E-state index contributed by atoms with van der Waals surface area (Å²) in [7, 11) is 0. The predicted molar refractivity (Wildman–Crippen MR) is 59.7 cm³/mol. The fourth-order valence-corrected chi connectivity index (χ4v) is 2.39. The Balaban J connectivity index is 2.05. The molecule has 0 bridgehead atoms. The van der Waals surface area contributed by atoms with E-state index in [0.29, 0.717) is 19.3 Å². The van der Waals surface area contributed by atoms with E-state index in [1.807, 2.05) is 0 Å². The van der Waals surface area contributed by atoms with Crippen LogP contribution in [0.5, 0.6) is 0 Å². The van der Waals surface area contributed by atoms with Crippen LogP contribution < -0.4 is 5.73 Å². The summed E-state index contributed by atoms with van der Waals surface area (Å²) >= 11 is 0. The van der Waals surface area contributed by atoms with Crippen LogP contribution in [-0.2, 0) is 13.0 Å². The molecule has 1 heterocycles. The zero-order valence-corrected chi connectivity index (χ0v) is 9.69. The smallest absolute Gasteiger partial charge is 0.138 e. The van der Waals surface area contributed by atoms with Crippen molar-refractivity contribution in [3.8, 4) is 0 Å². The van der Waals surface area contributed by atoms with Gasteiger partial charge in [0.1, 0.15) is 17.8 Å². The minimum Gasteiger partial charge on any atom is -0.328 e. The van der Waals surface area contributed by atoms with Gasteiger partial charge in [-0.05, 0) is 25.7 Å². The molecule has 0 radical (unpaired) electrons. The molecule has 0 saturated heterocycles. The van der Waals surface area contributed by atoms with Crippen LogP contribution in [0.4, 0.5) is 4.39 Å². The molecule has 4 nitrogen and oxygen atoms in total. The van der Waals surface area contributed by atoms with Gasteiger partial charge in [0.05, 0.1) is 0 Å². The van der Waals surface area contributed by atoms with E-state index in [2.05, 4.69) is 17.0 Å². The van der Waals surface area contributed by atoms with Gasteiger partial charge >= 0.3 is 0 Å². The molecule has 1 saturated carbocycles. The number of nitrogens with zero attached hydrogens (tertiary/aromatic N) is 3. The van der Waals surface area contributed by atoms with Crippen molar-refractivity contribution in [2.45, 2.75) is 57.3 Å². The molecule has 1 aromatic rings. The van der Waals surface area contributed by atoms with Crippen LogP contribution in [0.1, 0.15) is 38.4 Å². The lowest BCUT2D eigenvalue weighted by atomic mass is 9.99. The first-order valence-corrected chi connectivity index (χ1v) is 5.94. The standard InChI is InChI=1S/C11H19FN4/c1-2-5-16-10(14-8-15-16)7-11(12)4-3-9(13)6-11/h8-9H,2-7,13H2,1H3. The molecule has 90 valence electrons. The summed E-state index contributed by atoms with van der Waals surface area (Å²) in [6.45, 7) is 2.87. The van der Waals surface area contributed by atoms with Crippen LogP contribution in [-0.4, -0.2) is 26.5 Å². The summed E-state index contributed by atoms with van der Waals surface area (Å²) in [5.41, 5.74) is 4.58. The lowest BCUT2D eigenvalue weighted by Gasteiger charge is -2.18. The Morgan fingerprint density at radius 1 is 1.69 bits per heavy atom. The van der Waals surface area contributed by atoms with Crippen LogP contribution in [0.3, 0.4) is 0 Å². The van der Waals surface area contributed by atoms with E-state index in [-0.39, 0.29) is 6.04 Å². The molecule has 1 aromatic heterocycles. The average molecular weight is 226 g/mol. The number of aromatic nitrogens is 3. The normalized spacial score (nSPS) is 29.8. The van der Waals surface area contributed by atoms with Crippen molar-refractivity contribution in [1.82, 2.24) is 14.8 Å². The SMILES string of the molecule is CCCn1ncnc1CC1(F)CCC(N)C1. The Kier molecular flexibility index (Phi) is 3.23. The zero-order valence-electron chi connectivity index (χ0n) is 9.69. The first kappa shape index (κ1) is 11.5. The van der Waals surface area contributed by atoms with E-state index in [9.17, 15) is 4.39 Å². The second-order valence-corrected chi connectivity index (χ2v) is 4.73. The molecule has 1 aliphatic rings. The van der Waals surface area contributed by atoms with Gasteiger partial charge in [-0.2, -0.15) is 5.10 Å². The highest BCUT2D eigenvalue weighted by molar-refractivity contribution is 5.00. The van der Waals surface area contributed by atoms with Crippen LogP contribution in [0, 0.1) is 0 Å². The third-order valence-electron chi connectivity index (χ3n) is 3.20. The van der Waals surface area contributed by atoms with E-state index in [1.54, 1.807) is 4.68 Å². The van der Waals surface area contributed by atoms with Crippen molar-refractivity contribution < 1.29 is 4.39 Å². The van der Waals surface area contributed by atoms with Crippen molar-refractivity contribution >= 4 is 0 Å². The molecule has 0 spiro atoms. The van der Waals surface area contributed by atoms with Crippen molar-refractivity contribution in [3.63, 3.8) is 0 Å². The molecule has 0 aliphatic heterocycles. The largest absolute Gasteiger partial charge is 0.328 e. The van der Waals surface area contributed by atoms with Crippen molar-refractivity contribution in [1.29, 1.82) is 0 Å². The first-order chi connectivity index (χ1) is 7.63. The molecule has 2 rings (SSSR count). The minimum absolute atomic E-state index is 0.00699. The number of aryl methyl sites for hydroxylation is 1. The zero-order chi connectivity index (χ0) is 11.6. The molecule has 2 unspecified atom stereocenters. The van der Waals surface area contributed by atoms with Gasteiger partial charge < -0.3 is 5.73 Å². The van der Waals surface area contributed by atoms with Gasteiger partial charge in [0, 0.05) is 19.0 Å². The number of rotatable bonds is 4. The Morgan fingerprint density at radius 2 is 2.50 bits per heavy atom. The van der Waals surface area contributed by atoms with Gasteiger partial charge in [0.2, 0.25) is 0 Å². The van der Waals surface area contributed by atoms with Crippen LogP contribution in [0.2, 0.25) is 0 Å². The van der Waals surface area contributed by atoms with Gasteiger partial charge in [0.25, 0.3) is 0 Å². The fourth-order valence-electron chi connectivity index (χ4n) is 2.39. The Bertz CT molecular complexity index is 352. The van der Waals surface area contributed by atoms with Crippen molar-refractivity contribution in [2.24, 2.45) is 5.73 Å². The van der Waals surface area contributed by atoms with E-state index in [0.717, 1.165) is 25.2 Å². The summed E-state index contributed by atoms with van der Waals surface area (Å²) in [6.07, 6.45) is 4.61. The van der Waals surface area contributed by atoms with E-state index >= 15 is 0 Å². The lowest BCUT2D eigenvalue weighted by Crippen LogP contribution is -2.27. The van der Waals surface area contributed by atoms with Crippen molar-refractivity contribution in [3.05, 3.63) is 12.2 Å². The highest BCUT2D eigenvalue weighted by atomic mass is 19.1. The second kappa shape index (κ2) is 4.49. The molecular formula is C11H19FN4. The van der Waals surface area contributed by atoms with E-state index in [1.165, 1.54) is 6.33 Å². The molecule has 1 fully saturated rings. The second-order valence-electron chi connectivity index (χ2n) is 4.73. The molecular weight excluding hydrogens is 207 g/mol. The van der Waals surface area contributed by atoms with Gasteiger partial charge in [-0.3, -0.25) is 0 Å². The van der Waals surface area contributed by atoms with Crippen LogP contribution >= 0.6 is 0 Å². The predicted octanol–water partition coefficient (Wildman–Crippen LogP) is 1.45. The molecule has 2 N–H and O–H groups in total. The summed E-state index contributed by atoms with van der Waals surface area (Å²) in [5.74, 6) is 0.749. The minimum atomic E-state index is -1.17. The summed E-state index contributed by atoms with van der Waals surface area (Å²) in [6, 6.07) is 0.00699. The Morgan fingerprint density at radius 3 is 3.12 bits per heavy atom. The third-order valence-corrected chi connectivity index (χ3v) is 3.20. The van der Waals surface area contributed by atoms with Crippen molar-refractivity contribution in [2.75, 3.05) is 0 Å². The third kappa shape index (κ3) is 2.40. The highest BCUT2D eigenvalue weighted by Gasteiger charge is 2.39. The maximum atomic E-state index is 14.4. The summed E-state index contributed by atoms with van der Waals surface area (Å²) in [4.78, 5) is 4.14. The molecule has 2 atom stereocenters. The maximum Gasteiger partial charge on any atom is 0.138 e. The number of nitrogens with two attached hydrogens (primary N) is 1. The van der Waals surface area contributed by atoms with Gasteiger partial charge in [-0.15, -0.1) is 0 Å². The Labute approximate surface area is 95.0 Å². The number of hydrogen-bond donors (Lipinski definition) is 1. The van der Waals surface area contributed by atoms with Gasteiger partial charge in [0.15, 0.2) is 0 Å². The van der Waals surface area contributed by atoms with E-state index in [4.69, 9.17) is 5.73 Å².